The van der Waals surface area contributed by atoms with Gasteiger partial charge in [-0.15, -0.1) is 24.3 Å². The van der Waals surface area contributed by atoms with Crippen molar-refractivity contribution in [3.63, 3.8) is 0 Å². The number of hydrogen-bond donors (Lipinski definition) is 2. The summed E-state index contributed by atoms with van der Waals surface area (Å²) in [7, 11) is 0. The van der Waals surface area contributed by atoms with Gasteiger partial charge < -0.3 is 15.5 Å². The molecule has 0 saturated carbocycles. The van der Waals surface area contributed by atoms with Crippen LogP contribution < -0.4 is 5.32 Å². The zero-order chi connectivity index (χ0) is 15.1. The molecule has 0 fully saturated rings. The van der Waals surface area contributed by atoms with Crippen molar-refractivity contribution in [1.82, 2.24) is 5.32 Å². The lowest BCUT2D eigenvalue weighted by Gasteiger charge is -2.22. The molecule has 2 N–H and O–H groups in total. The molecule has 0 aromatic heterocycles. The minimum atomic E-state index is 0.218. The molecule has 0 bridgehead atoms. The fourth-order valence-electron chi connectivity index (χ4n) is 1.90. The third kappa shape index (κ3) is 4.26. The highest BCUT2D eigenvalue weighted by Crippen LogP contribution is 2.20. The number of aliphatic hydroxyl groups is 1. The van der Waals surface area contributed by atoms with Crippen LogP contribution in [0.25, 0.3) is 0 Å². The molecule has 0 unspecified atom stereocenters. The largest absolute Gasteiger partial charge is 0.507 e. The average Bonchev–Trinajstić information content (AvgIpc) is 2.49. The van der Waals surface area contributed by atoms with Gasteiger partial charge in [0.25, 0.3) is 0 Å². The Morgan fingerprint density at radius 3 is 2.81 bits per heavy atom. The molecule has 1 aromatic rings. The van der Waals surface area contributed by atoms with E-state index in [1.54, 1.807) is 36.6 Å². The smallest absolute Gasteiger partial charge is 0.124 e. The summed E-state index contributed by atoms with van der Waals surface area (Å²) in [6.45, 7) is 2.92. The van der Waals surface area contributed by atoms with Crippen LogP contribution >= 0.6 is 0 Å². The van der Waals surface area contributed by atoms with Crippen LogP contribution in [0.15, 0.2) is 64.8 Å². The van der Waals surface area contributed by atoms with E-state index in [4.69, 9.17) is 0 Å². The summed E-state index contributed by atoms with van der Waals surface area (Å²) in [4.78, 5) is 4.24. The highest BCUT2D eigenvalue weighted by molar-refractivity contribution is 5.83. The Morgan fingerprint density at radius 2 is 2.05 bits per heavy atom. The van der Waals surface area contributed by atoms with Crippen LogP contribution in [0.3, 0.4) is 0 Å². The van der Waals surface area contributed by atoms with Gasteiger partial charge in [-0.3, -0.25) is 4.99 Å². The number of aromatic hydroxyl groups is 1. The minimum Gasteiger partial charge on any atom is -0.507 e. The summed E-state index contributed by atoms with van der Waals surface area (Å²) in [5, 5.41) is 23.7. The van der Waals surface area contributed by atoms with Crippen LogP contribution in [0.4, 0.5) is 0 Å². The lowest BCUT2D eigenvalue weighted by atomic mass is 10.0. The van der Waals surface area contributed by atoms with Crippen molar-refractivity contribution in [2.24, 2.45) is 4.99 Å². The quantitative estimate of drug-likeness (QED) is 0.495. The van der Waals surface area contributed by atoms with Gasteiger partial charge in [-0.05, 0) is 23.9 Å². The number of nitrogens with zero attached hydrogens (tertiary/aromatic N) is 2. The van der Waals surface area contributed by atoms with E-state index < -0.39 is 0 Å². The molecule has 0 amide bonds. The Hall–Kier alpha value is -2.46. The number of benzene rings is 1. The second-order valence-corrected chi connectivity index (χ2v) is 4.58. The van der Waals surface area contributed by atoms with Gasteiger partial charge in [-0.25, -0.2) is 0 Å². The molecule has 1 radical (unpaired) electrons. The predicted octanol–water partition coefficient (Wildman–Crippen LogP) is 2.72. The summed E-state index contributed by atoms with van der Waals surface area (Å²) < 4.78 is 0. The Balaban J connectivity index is 1.82. The molecule has 109 valence electrons. The molecule has 0 saturated heterocycles. The molecule has 1 aliphatic rings. The molecule has 0 spiro atoms. The zero-order valence-electron chi connectivity index (χ0n) is 11.9. The maximum absolute atomic E-state index is 9.72. The Labute approximate surface area is 124 Å². The van der Waals surface area contributed by atoms with Crippen molar-refractivity contribution in [1.29, 1.82) is 0 Å². The van der Waals surface area contributed by atoms with Crippen LogP contribution in [0, 0.1) is 6.10 Å². The van der Waals surface area contributed by atoms with Gasteiger partial charge >= 0.3 is 0 Å². The molecular formula is C17H18N2O2-. The van der Waals surface area contributed by atoms with Gasteiger partial charge in [0.15, 0.2) is 0 Å². The van der Waals surface area contributed by atoms with E-state index in [2.05, 4.69) is 10.3 Å². The van der Waals surface area contributed by atoms with Gasteiger partial charge in [-0.2, -0.15) is 0 Å². The zero-order valence-corrected chi connectivity index (χ0v) is 11.9. The first-order chi connectivity index (χ1) is 10.2. The van der Waals surface area contributed by atoms with Crippen molar-refractivity contribution in [2.75, 3.05) is 13.1 Å². The molecule has 21 heavy (non-hydrogen) atoms. The van der Waals surface area contributed by atoms with Crippen molar-refractivity contribution < 1.29 is 10.2 Å². The number of phenols is 1. The standard InChI is InChI=1S/C17H18N2O2/c1-13(15-7-3-5-9-17(15)21)19-11-10-18-12-14-6-2-4-8-16(14)20/h2-9,12,20-21H,10-11H2,1H3/q-1/b15-13-,18-12?. The summed E-state index contributed by atoms with van der Waals surface area (Å²) >= 11 is 0. The average molecular weight is 282 g/mol. The van der Waals surface area contributed by atoms with E-state index in [-0.39, 0.29) is 11.9 Å². The number of allylic oxidation sites excluding steroid dienone is 3. The van der Waals surface area contributed by atoms with E-state index in [0.717, 1.165) is 11.3 Å². The van der Waals surface area contributed by atoms with E-state index in [0.29, 0.717) is 18.7 Å². The molecule has 2 rings (SSSR count). The normalized spacial score (nSPS) is 16.6. The van der Waals surface area contributed by atoms with Crippen LogP contribution in [0.5, 0.6) is 5.75 Å². The number of para-hydroxylation sites is 1. The Bertz CT molecular complexity index is 601. The summed E-state index contributed by atoms with van der Waals surface area (Å²) in [5.74, 6) is 0.218. The van der Waals surface area contributed by atoms with Crippen molar-refractivity contribution >= 4 is 6.21 Å². The molecule has 0 heterocycles. The molecule has 4 heteroatoms. The molecule has 4 nitrogen and oxygen atoms in total. The van der Waals surface area contributed by atoms with Crippen LogP contribution in [-0.4, -0.2) is 29.5 Å². The van der Waals surface area contributed by atoms with E-state index in [9.17, 15) is 10.2 Å². The molecule has 0 aliphatic heterocycles. The Kier molecular flexibility index (Phi) is 5.23. The first-order valence-corrected chi connectivity index (χ1v) is 6.75. The lowest BCUT2D eigenvalue weighted by Crippen LogP contribution is -2.12. The van der Waals surface area contributed by atoms with E-state index in [1.807, 2.05) is 25.1 Å². The third-order valence-corrected chi connectivity index (χ3v) is 3.04. The number of aliphatic hydroxyl groups excluding tert-OH is 1. The van der Waals surface area contributed by atoms with Crippen LogP contribution in [0.2, 0.25) is 0 Å². The predicted molar refractivity (Wildman–Crippen MR) is 83.7 cm³/mol. The number of aliphatic imine (C=N–C) groups is 1. The number of hydrogen-bond acceptors (Lipinski definition) is 3. The highest BCUT2D eigenvalue weighted by atomic mass is 16.3. The van der Waals surface area contributed by atoms with Gasteiger partial charge in [-0.1, -0.05) is 24.6 Å². The maximum Gasteiger partial charge on any atom is 0.124 e. The van der Waals surface area contributed by atoms with E-state index in [1.165, 1.54) is 0 Å². The maximum atomic E-state index is 9.72. The monoisotopic (exact) mass is 282 g/mol. The van der Waals surface area contributed by atoms with Crippen molar-refractivity contribution in [2.45, 2.75) is 6.92 Å². The van der Waals surface area contributed by atoms with Gasteiger partial charge in [0.2, 0.25) is 0 Å². The summed E-state index contributed by atoms with van der Waals surface area (Å²) in [6.07, 6.45) is 8.99. The van der Waals surface area contributed by atoms with Gasteiger partial charge in [0, 0.05) is 18.3 Å². The highest BCUT2D eigenvalue weighted by Gasteiger charge is 2.02. The van der Waals surface area contributed by atoms with Crippen LogP contribution in [0.1, 0.15) is 12.5 Å². The minimum absolute atomic E-state index is 0.218. The summed E-state index contributed by atoms with van der Waals surface area (Å²) in [5.41, 5.74) is 2.21. The van der Waals surface area contributed by atoms with Crippen molar-refractivity contribution in [3.8, 4) is 5.75 Å². The molecule has 1 aliphatic carbocycles. The third-order valence-electron chi connectivity index (χ3n) is 3.04. The van der Waals surface area contributed by atoms with E-state index >= 15 is 0 Å². The molecular weight excluding hydrogens is 264 g/mol. The fourth-order valence-corrected chi connectivity index (χ4v) is 1.90. The second-order valence-electron chi connectivity index (χ2n) is 4.58. The fraction of sp³-hybridized carbons (Fsp3) is 0.176. The number of rotatable bonds is 5. The topological polar surface area (TPSA) is 66.9 Å². The Morgan fingerprint density at radius 1 is 1.24 bits per heavy atom. The summed E-state index contributed by atoms with van der Waals surface area (Å²) in [6, 6.07) is 7.05. The van der Waals surface area contributed by atoms with Crippen LogP contribution in [-0.2, 0) is 0 Å². The lowest BCUT2D eigenvalue weighted by molar-refractivity contribution is 0.359. The molecule has 0 atom stereocenters. The second kappa shape index (κ2) is 7.36. The SMILES string of the molecule is C/C([N]CCN=Cc1ccccc1O)=C1\C=CC=C[C-]1O. The first-order valence-electron chi connectivity index (χ1n) is 6.75. The number of phenolic OH excluding ortho intramolecular Hbond substituents is 1. The first kappa shape index (κ1) is 14.9. The van der Waals surface area contributed by atoms with Crippen molar-refractivity contribution in [3.05, 3.63) is 71.5 Å². The van der Waals surface area contributed by atoms with Gasteiger partial charge in [0.05, 0.1) is 6.54 Å². The molecule has 1 aromatic carbocycles. The van der Waals surface area contributed by atoms with Gasteiger partial charge in [0.1, 0.15) is 5.75 Å².